The summed E-state index contributed by atoms with van der Waals surface area (Å²) in [6.07, 6.45) is -1.75. The molecule has 2 heterocycles. The van der Waals surface area contributed by atoms with Crippen molar-refractivity contribution in [3.8, 4) is 0 Å². The van der Waals surface area contributed by atoms with E-state index in [1.165, 1.54) is 29.1 Å². The van der Waals surface area contributed by atoms with Crippen LogP contribution >= 0.6 is 23.4 Å². The van der Waals surface area contributed by atoms with Crippen LogP contribution in [0.2, 0.25) is 5.02 Å². The summed E-state index contributed by atoms with van der Waals surface area (Å²) in [5.41, 5.74) is 0.149. The van der Waals surface area contributed by atoms with E-state index in [1.54, 1.807) is 18.2 Å². The summed E-state index contributed by atoms with van der Waals surface area (Å²) in [7, 11) is 0. The van der Waals surface area contributed by atoms with Crippen molar-refractivity contribution in [3.63, 3.8) is 0 Å². The molecule has 1 saturated heterocycles. The molecule has 182 valence electrons. The highest BCUT2D eigenvalue weighted by molar-refractivity contribution is 8.18. The molecule has 2 amide bonds. The van der Waals surface area contributed by atoms with E-state index in [0.29, 0.717) is 33.1 Å². The van der Waals surface area contributed by atoms with Gasteiger partial charge in [0.25, 0.3) is 11.1 Å². The molecule has 8 nitrogen and oxygen atoms in total. The number of aliphatic hydroxyl groups excluding tert-OH is 1. The number of imide groups is 1. The van der Waals surface area contributed by atoms with Gasteiger partial charge in [-0.15, -0.1) is 0 Å². The maximum absolute atomic E-state index is 13.4. The quantitative estimate of drug-likeness (QED) is 0.463. The number of thioether (sulfide) groups is 1. The van der Waals surface area contributed by atoms with Crippen LogP contribution < -0.4 is 0 Å². The topological polar surface area (TPSA) is 113 Å². The normalized spacial score (nSPS) is 16.5. The van der Waals surface area contributed by atoms with Crippen molar-refractivity contribution in [2.45, 2.75) is 18.8 Å². The van der Waals surface area contributed by atoms with Gasteiger partial charge in [0, 0.05) is 10.4 Å². The van der Waals surface area contributed by atoms with Gasteiger partial charge in [-0.05, 0) is 53.2 Å². The summed E-state index contributed by atoms with van der Waals surface area (Å²) in [6, 6.07) is 6.65. The van der Waals surface area contributed by atoms with Gasteiger partial charge in [-0.2, -0.15) is 18.3 Å². The number of fused-ring (bicyclic) bond motifs is 1. The van der Waals surface area contributed by atoms with Gasteiger partial charge in [-0.1, -0.05) is 23.7 Å². The average molecular weight is 526 g/mol. The SMILES string of the molecule is O=C(O)C(CO)N1C(=O)SC(=Cc2ccc3c(cnn3Cc3ccc(Cl)cc3C(F)(F)F)c2)C1=O. The third-order valence-corrected chi connectivity index (χ3v) is 6.37. The number of carbonyl (C=O) groups is 3. The molecule has 0 bridgehead atoms. The lowest BCUT2D eigenvalue weighted by Gasteiger charge is -2.18. The monoisotopic (exact) mass is 525 g/mol. The molecule has 1 fully saturated rings. The highest BCUT2D eigenvalue weighted by atomic mass is 35.5. The van der Waals surface area contributed by atoms with E-state index in [9.17, 15) is 32.7 Å². The number of benzene rings is 2. The van der Waals surface area contributed by atoms with Crippen molar-refractivity contribution < 1.29 is 37.8 Å². The number of aliphatic hydroxyl groups is 1. The summed E-state index contributed by atoms with van der Waals surface area (Å²) in [5.74, 6) is -2.36. The second kappa shape index (κ2) is 9.36. The largest absolute Gasteiger partial charge is 0.480 e. The fraction of sp³-hybridized carbons (Fsp3) is 0.182. The lowest BCUT2D eigenvalue weighted by molar-refractivity contribution is -0.147. The van der Waals surface area contributed by atoms with Crippen LogP contribution in [0.3, 0.4) is 0 Å². The molecule has 1 aromatic heterocycles. The van der Waals surface area contributed by atoms with E-state index >= 15 is 0 Å². The Labute approximate surface area is 204 Å². The smallest absolute Gasteiger partial charge is 0.416 e. The minimum absolute atomic E-state index is 0.0125. The number of hydrogen-bond donors (Lipinski definition) is 2. The van der Waals surface area contributed by atoms with Gasteiger partial charge in [0.05, 0.1) is 35.3 Å². The molecular weight excluding hydrogens is 511 g/mol. The minimum atomic E-state index is -4.59. The van der Waals surface area contributed by atoms with E-state index in [4.69, 9.17) is 16.7 Å². The average Bonchev–Trinajstić information content (AvgIpc) is 3.30. The molecule has 1 atom stereocenters. The maximum Gasteiger partial charge on any atom is 0.416 e. The number of amides is 2. The first-order valence-corrected chi connectivity index (χ1v) is 11.1. The van der Waals surface area contributed by atoms with Crippen molar-refractivity contribution in [2.75, 3.05) is 6.61 Å². The van der Waals surface area contributed by atoms with Crippen LogP contribution in [0.15, 0.2) is 47.5 Å². The molecule has 1 aliphatic rings. The lowest BCUT2D eigenvalue weighted by atomic mass is 10.1. The Kier molecular flexibility index (Phi) is 6.62. The van der Waals surface area contributed by atoms with Crippen LogP contribution in [0.5, 0.6) is 0 Å². The number of nitrogens with zero attached hydrogens (tertiary/aromatic N) is 3. The Hall–Kier alpha value is -3.35. The van der Waals surface area contributed by atoms with Crippen LogP contribution in [0, 0.1) is 0 Å². The van der Waals surface area contributed by atoms with E-state index in [2.05, 4.69) is 5.10 Å². The summed E-state index contributed by atoms with van der Waals surface area (Å²) in [5, 5.41) is 22.3. The van der Waals surface area contributed by atoms with Gasteiger partial charge in [-0.25, -0.2) is 4.79 Å². The van der Waals surface area contributed by atoms with Gasteiger partial charge in [0.1, 0.15) is 0 Å². The molecule has 2 N–H and O–H groups in total. The van der Waals surface area contributed by atoms with Crippen LogP contribution in [0.4, 0.5) is 18.0 Å². The Morgan fingerprint density at radius 3 is 2.60 bits per heavy atom. The van der Waals surface area contributed by atoms with Gasteiger partial charge in [0.15, 0.2) is 6.04 Å². The molecule has 1 unspecified atom stereocenters. The predicted octanol–water partition coefficient (Wildman–Crippen LogP) is 4.24. The number of halogens is 4. The van der Waals surface area contributed by atoms with Crippen molar-refractivity contribution in [3.05, 3.63) is 69.2 Å². The molecular formula is C22H15ClF3N3O5S. The Morgan fingerprint density at radius 2 is 1.94 bits per heavy atom. The highest BCUT2D eigenvalue weighted by Crippen LogP contribution is 2.36. The molecule has 0 aliphatic carbocycles. The van der Waals surface area contributed by atoms with E-state index < -0.39 is 41.5 Å². The van der Waals surface area contributed by atoms with Gasteiger partial charge in [-0.3, -0.25) is 19.2 Å². The van der Waals surface area contributed by atoms with E-state index in [1.807, 2.05) is 0 Å². The summed E-state index contributed by atoms with van der Waals surface area (Å²) >= 11 is 6.28. The van der Waals surface area contributed by atoms with Crippen LogP contribution in [0.25, 0.3) is 17.0 Å². The predicted molar refractivity (Wildman–Crippen MR) is 122 cm³/mol. The van der Waals surface area contributed by atoms with Crippen molar-refractivity contribution >= 4 is 57.5 Å². The molecule has 13 heteroatoms. The van der Waals surface area contributed by atoms with Crippen molar-refractivity contribution in [1.29, 1.82) is 0 Å². The Bertz CT molecular complexity index is 1390. The third kappa shape index (κ3) is 4.90. The lowest BCUT2D eigenvalue weighted by Crippen LogP contribution is -2.46. The number of carboxylic acids is 1. The fourth-order valence-electron chi connectivity index (χ4n) is 3.60. The third-order valence-electron chi connectivity index (χ3n) is 5.25. The number of rotatable bonds is 6. The van der Waals surface area contributed by atoms with E-state index in [0.717, 1.165) is 6.07 Å². The van der Waals surface area contributed by atoms with Crippen LogP contribution in [-0.4, -0.2) is 54.7 Å². The highest BCUT2D eigenvalue weighted by Gasteiger charge is 2.42. The standard InChI is InChI=1S/C22H15ClF3N3O5S/c23-14-3-2-12(15(7-14)22(24,25)26)9-28-16-4-1-11(5-13(16)8-27-28)6-18-19(31)29(21(34)35-18)17(10-30)20(32)33/h1-8,17,30H,9-10H2,(H,32,33). The molecule has 0 saturated carbocycles. The first kappa shape index (κ1) is 24.8. The number of alkyl halides is 3. The molecule has 3 aromatic rings. The van der Waals surface area contributed by atoms with Crippen LogP contribution in [-0.2, 0) is 22.3 Å². The van der Waals surface area contributed by atoms with Gasteiger partial charge >= 0.3 is 12.1 Å². The maximum atomic E-state index is 13.4. The summed E-state index contributed by atoms with van der Waals surface area (Å²) in [4.78, 5) is 36.4. The molecule has 0 spiro atoms. The van der Waals surface area contributed by atoms with Crippen molar-refractivity contribution in [2.24, 2.45) is 0 Å². The Morgan fingerprint density at radius 1 is 1.20 bits per heavy atom. The van der Waals surface area contributed by atoms with E-state index in [-0.39, 0.29) is 22.0 Å². The number of carbonyl (C=O) groups excluding carboxylic acids is 2. The first-order valence-electron chi connectivity index (χ1n) is 9.91. The minimum Gasteiger partial charge on any atom is -0.480 e. The zero-order chi connectivity index (χ0) is 25.5. The van der Waals surface area contributed by atoms with Gasteiger partial charge < -0.3 is 10.2 Å². The molecule has 0 radical (unpaired) electrons. The number of hydrogen-bond acceptors (Lipinski definition) is 6. The molecule has 4 rings (SSSR count). The second-order valence-corrected chi connectivity index (χ2v) is 8.94. The molecule has 2 aromatic carbocycles. The number of aromatic nitrogens is 2. The number of carboxylic acid groups (broad SMARTS) is 1. The zero-order valence-corrected chi connectivity index (χ0v) is 19.1. The van der Waals surface area contributed by atoms with Crippen LogP contribution in [0.1, 0.15) is 16.7 Å². The second-order valence-electron chi connectivity index (χ2n) is 7.51. The summed E-state index contributed by atoms with van der Waals surface area (Å²) in [6.45, 7) is -1.08. The summed E-state index contributed by atoms with van der Waals surface area (Å²) < 4.78 is 41.7. The zero-order valence-electron chi connectivity index (χ0n) is 17.5. The Balaban J connectivity index is 1.62. The fourth-order valence-corrected chi connectivity index (χ4v) is 4.65. The first-order chi connectivity index (χ1) is 16.5. The van der Waals surface area contributed by atoms with Gasteiger partial charge in [0.2, 0.25) is 0 Å². The molecule has 1 aliphatic heterocycles. The number of aliphatic carboxylic acids is 1. The van der Waals surface area contributed by atoms with Crippen molar-refractivity contribution in [1.82, 2.24) is 14.7 Å². The molecule has 35 heavy (non-hydrogen) atoms.